The van der Waals surface area contributed by atoms with Gasteiger partial charge in [-0.25, -0.2) is 0 Å². The summed E-state index contributed by atoms with van der Waals surface area (Å²) in [6.07, 6.45) is 1.22. The van der Waals surface area contributed by atoms with Gasteiger partial charge < -0.3 is 19.9 Å². The molecule has 0 aromatic heterocycles. The van der Waals surface area contributed by atoms with Crippen LogP contribution in [-0.4, -0.2) is 69.7 Å². The average Bonchev–Trinajstić information content (AvgIpc) is 2.55. The number of hydrogen-bond donors (Lipinski definition) is 1. The van der Waals surface area contributed by atoms with Crippen molar-refractivity contribution in [2.24, 2.45) is 4.99 Å². The van der Waals surface area contributed by atoms with Crippen molar-refractivity contribution < 1.29 is 4.74 Å². The zero-order chi connectivity index (χ0) is 16.7. The summed E-state index contributed by atoms with van der Waals surface area (Å²) in [5, 5.41) is 3.47. The lowest BCUT2D eigenvalue weighted by Crippen LogP contribution is -2.48. The van der Waals surface area contributed by atoms with E-state index in [1.807, 2.05) is 7.05 Å². The second-order valence-corrected chi connectivity index (χ2v) is 6.29. The molecule has 1 fully saturated rings. The first kappa shape index (κ1) is 17.8. The largest absolute Gasteiger partial charge is 0.370 e. The topological polar surface area (TPSA) is 40.1 Å². The number of benzene rings is 1. The maximum Gasteiger partial charge on any atom is 0.193 e. The van der Waals surface area contributed by atoms with Crippen molar-refractivity contribution in [1.29, 1.82) is 0 Å². The fourth-order valence-corrected chi connectivity index (χ4v) is 2.91. The molecule has 5 nitrogen and oxygen atoms in total. The van der Waals surface area contributed by atoms with Crippen molar-refractivity contribution >= 4 is 5.96 Å². The summed E-state index contributed by atoms with van der Waals surface area (Å²) in [5.74, 6) is 0.977. The Balaban J connectivity index is 1.92. The number of nitrogens with zero attached hydrogens (tertiary/aromatic N) is 3. The Morgan fingerprint density at radius 2 is 2.17 bits per heavy atom. The molecule has 1 aliphatic rings. The predicted molar refractivity (Wildman–Crippen MR) is 96.0 cm³/mol. The van der Waals surface area contributed by atoms with Gasteiger partial charge in [-0.3, -0.25) is 4.99 Å². The van der Waals surface area contributed by atoms with Crippen LogP contribution in [-0.2, 0) is 4.74 Å². The Morgan fingerprint density at radius 1 is 1.39 bits per heavy atom. The number of aliphatic imine (C=N–C) groups is 1. The van der Waals surface area contributed by atoms with E-state index < -0.39 is 0 Å². The van der Waals surface area contributed by atoms with Gasteiger partial charge in [-0.15, -0.1) is 0 Å². The molecule has 128 valence electrons. The molecule has 0 amide bonds. The van der Waals surface area contributed by atoms with Crippen molar-refractivity contribution in [3.8, 4) is 0 Å². The highest BCUT2D eigenvalue weighted by Gasteiger charge is 2.24. The number of hydrogen-bond acceptors (Lipinski definition) is 3. The van der Waals surface area contributed by atoms with Crippen LogP contribution in [0, 0.1) is 6.92 Å². The van der Waals surface area contributed by atoms with Crippen LogP contribution in [0.2, 0.25) is 0 Å². The van der Waals surface area contributed by atoms with Gasteiger partial charge in [0.05, 0.1) is 13.2 Å². The van der Waals surface area contributed by atoms with E-state index in [4.69, 9.17) is 4.74 Å². The van der Waals surface area contributed by atoms with Crippen LogP contribution in [0.15, 0.2) is 29.3 Å². The summed E-state index contributed by atoms with van der Waals surface area (Å²) >= 11 is 0. The molecule has 1 aromatic rings. The van der Waals surface area contributed by atoms with Gasteiger partial charge in [0.2, 0.25) is 0 Å². The lowest BCUT2D eigenvalue weighted by Gasteiger charge is -2.35. The Labute approximate surface area is 140 Å². The van der Waals surface area contributed by atoms with E-state index in [1.165, 1.54) is 11.1 Å². The molecule has 1 atom stereocenters. The van der Waals surface area contributed by atoms with Crippen molar-refractivity contribution in [1.82, 2.24) is 15.1 Å². The molecule has 23 heavy (non-hydrogen) atoms. The number of rotatable bonds is 5. The first-order valence-corrected chi connectivity index (χ1v) is 8.39. The van der Waals surface area contributed by atoms with Gasteiger partial charge in [0.1, 0.15) is 6.10 Å². The highest BCUT2D eigenvalue weighted by atomic mass is 16.5. The third kappa shape index (κ3) is 5.22. The fourth-order valence-electron chi connectivity index (χ4n) is 2.91. The smallest absolute Gasteiger partial charge is 0.193 e. The van der Waals surface area contributed by atoms with Gasteiger partial charge in [-0.2, -0.15) is 0 Å². The summed E-state index contributed by atoms with van der Waals surface area (Å²) in [7, 11) is 6.06. The minimum absolute atomic E-state index is 0.116. The van der Waals surface area contributed by atoms with Gasteiger partial charge in [0, 0.05) is 20.1 Å². The monoisotopic (exact) mass is 318 g/mol. The number of aryl methyl sites for hydroxylation is 1. The van der Waals surface area contributed by atoms with Crippen LogP contribution in [0.25, 0.3) is 0 Å². The molecule has 1 aliphatic heterocycles. The molecule has 1 heterocycles. The van der Waals surface area contributed by atoms with Crippen LogP contribution in [0.4, 0.5) is 0 Å². The molecule has 1 N–H and O–H groups in total. The first-order chi connectivity index (χ1) is 11.1. The van der Waals surface area contributed by atoms with E-state index in [-0.39, 0.29) is 6.10 Å². The fraction of sp³-hybridized carbons (Fsp3) is 0.611. The zero-order valence-corrected chi connectivity index (χ0v) is 14.9. The van der Waals surface area contributed by atoms with Crippen molar-refractivity contribution in [2.45, 2.75) is 19.4 Å². The molecule has 5 heteroatoms. The third-order valence-corrected chi connectivity index (χ3v) is 4.18. The molecule has 0 saturated carbocycles. The van der Waals surface area contributed by atoms with Crippen LogP contribution in [0.1, 0.15) is 23.7 Å². The van der Waals surface area contributed by atoms with E-state index in [2.05, 4.69) is 65.4 Å². The minimum Gasteiger partial charge on any atom is -0.370 e. The summed E-state index contributed by atoms with van der Waals surface area (Å²) in [4.78, 5) is 8.94. The van der Waals surface area contributed by atoms with Crippen LogP contribution in [0.3, 0.4) is 0 Å². The second kappa shape index (κ2) is 8.89. The second-order valence-electron chi connectivity index (χ2n) is 6.29. The van der Waals surface area contributed by atoms with Crippen LogP contribution >= 0.6 is 0 Å². The normalized spacial score (nSPS) is 19.3. The van der Waals surface area contributed by atoms with Gasteiger partial charge in [0.25, 0.3) is 0 Å². The maximum atomic E-state index is 6.00. The van der Waals surface area contributed by atoms with Crippen molar-refractivity contribution in [3.05, 3.63) is 35.4 Å². The summed E-state index contributed by atoms with van der Waals surface area (Å²) in [6.45, 7) is 6.63. The van der Waals surface area contributed by atoms with E-state index in [1.54, 1.807) is 0 Å². The van der Waals surface area contributed by atoms with Gasteiger partial charge in [-0.05, 0) is 45.1 Å². The molecule has 1 saturated heterocycles. The number of nitrogens with one attached hydrogen (secondary N) is 1. The van der Waals surface area contributed by atoms with Crippen molar-refractivity contribution in [3.63, 3.8) is 0 Å². The van der Waals surface area contributed by atoms with E-state index in [0.717, 1.165) is 45.2 Å². The first-order valence-electron chi connectivity index (χ1n) is 8.39. The van der Waals surface area contributed by atoms with Gasteiger partial charge >= 0.3 is 0 Å². The Morgan fingerprint density at radius 3 is 2.87 bits per heavy atom. The van der Waals surface area contributed by atoms with Crippen molar-refractivity contribution in [2.75, 3.05) is 53.9 Å². The number of morpholine rings is 1. The molecule has 1 unspecified atom stereocenters. The van der Waals surface area contributed by atoms with E-state index >= 15 is 0 Å². The third-order valence-electron chi connectivity index (χ3n) is 4.18. The average molecular weight is 318 g/mol. The number of guanidine groups is 1. The zero-order valence-electron chi connectivity index (χ0n) is 14.9. The highest BCUT2D eigenvalue weighted by Crippen LogP contribution is 2.24. The lowest BCUT2D eigenvalue weighted by molar-refractivity contribution is -0.00831. The molecular weight excluding hydrogens is 288 g/mol. The summed E-state index contributed by atoms with van der Waals surface area (Å²) < 4.78 is 6.00. The highest BCUT2D eigenvalue weighted by molar-refractivity contribution is 5.80. The van der Waals surface area contributed by atoms with Gasteiger partial charge in [-0.1, -0.05) is 24.3 Å². The molecule has 0 bridgehead atoms. The molecule has 0 radical (unpaired) electrons. The van der Waals surface area contributed by atoms with Gasteiger partial charge in [0.15, 0.2) is 5.96 Å². The minimum atomic E-state index is 0.116. The van der Waals surface area contributed by atoms with Crippen LogP contribution in [0.5, 0.6) is 0 Å². The summed E-state index contributed by atoms with van der Waals surface area (Å²) in [6, 6.07) is 8.46. The molecule has 2 rings (SSSR count). The Hall–Kier alpha value is -1.59. The van der Waals surface area contributed by atoms with Crippen LogP contribution < -0.4 is 5.32 Å². The lowest BCUT2D eigenvalue weighted by atomic mass is 10.0. The maximum absolute atomic E-state index is 6.00. The number of ether oxygens (including phenoxy) is 1. The van der Waals surface area contributed by atoms with E-state index in [9.17, 15) is 0 Å². The summed E-state index contributed by atoms with van der Waals surface area (Å²) in [5.41, 5.74) is 2.56. The molecule has 0 aliphatic carbocycles. The standard InChI is InChI=1S/C18H30N4O/c1-15-8-5-6-9-16(15)17-14-22(12-13-23-17)18(19-2)20-10-7-11-21(3)4/h5-6,8-9,17H,7,10-14H2,1-4H3,(H,19,20). The Kier molecular flexibility index (Phi) is 6.86. The van der Waals surface area contributed by atoms with E-state index in [0.29, 0.717) is 0 Å². The quantitative estimate of drug-likeness (QED) is 0.511. The Bertz CT molecular complexity index is 515. The SMILES string of the molecule is CN=C(NCCCN(C)C)N1CCOC(c2ccccc2C)C1. The molecule has 1 aromatic carbocycles. The molecule has 0 spiro atoms. The molecular formula is C18H30N4O. The predicted octanol–water partition coefficient (Wildman–Crippen LogP) is 1.90.